The van der Waals surface area contributed by atoms with Crippen LogP contribution in [-0.4, -0.2) is 37.7 Å². The lowest BCUT2D eigenvalue weighted by molar-refractivity contribution is -0.140. The monoisotopic (exact) mass is 406 g/mol. The number of carbonyl (C=O) groups excluding carboxylic acids is 3. The Balaban J connectivity index is 0.000000551. The molecule has 0 fully saturated rings. The van der Waals surface area contributed by atoms with Crippen LogP contribution in [0.5, 0.6) is 0 Å². The van der Waals surface area contributed by atoms with Crippen LogP contribution in [0.25, 0.3) is 0 Å². The third-order valence-corrected chi connectivity index (χ3v) is 3.58. The van der Waals surface area contributed by atoms with Gasteiger partial charge in [0.05, 0.1) is 25.4 Å². The second-order valence-corrected chi connectivity index (χ2v) is 6.23. The molecule has 0 aliphatic carbocycles. The van der Waals surface area contributed by atoms with Crippen LogP contribution >= 0.6 is 0 Å². The Morgan fingerprint density at radius 2 is 1.10 bits per heavy atom. The minimum Gasteiger partial charge on any atom is -0.463 e. The van der Waals surface area contributed by atoms with Crippen LogP contribution in [0.15, 0.2) is 42.5 Å². The van der Waals surface area contributed by atoms with Gasteiger partial charge in [-0.1, -0.05) is 58.2 Å². The number of rotatable bonds is 12. The van der Waals surface area contributed by atoms with E-state index >= 15 is 0 Å². The Kier molecular flexibility index (Phi) is 17.0. The molecule has 0 amide bonds. The molecule has 0 aliphatic rings. The molecule has 0 saturated heterocycles. The van der Waals surface area contributed by atoms with Crippen molar-refractivity contribution in [3.05, 3.63) is 48.0 Å². The first-order valence-electron chi connectivity index (χ1n) is 10.3. The second-order valence-electron chi connectivity index (χ2n) is 6.23. The minimum atomic E-state index is -0.499. The van der Waals surface area contributed by atoms with E-state index in [1.54, 1.807) is 12.1 Å². The molecule has 0 unspecified atom stereocenters. The molecular formula is C23H34O6. The number of esters is 3. The Morgan fingerprint density at radius 3 is 1.52 bits per heavy atom. The third kappa shape index (κ3) is 16.1. The lowest BCUT2D eigenvalue weighted by Gasteiger charge is -2.02. The van der Waals surface area contributed by atoms with Crippen LogP contribution in [-0.2, 0) is 23.8 Å². The molecule has 29 heavy (non-hydrogen) atoms. The lowest BCUT2D eigenvalue weighted by Crippen LogP contribution is -2.05. The van der Waals surface area contributed by atoms with Gasteiger partial charge in [0.2, 0.25) is 0 Å². The SMILES string of the molecule is CCCCOC(=O)C=CC(=O)OCCCC.CCCCOC(=O)c1ccccc1. The number of unbranched alkanes of at least 4 members (excludes halogenated alkanes) is 3. The summed E-state index contributed by atoms with van der Waals surface area (Å²) in [6.45, 7) is 7.39. The normalized spacial score (nSPS) is 10.0. The van der Waals surface area contributed by atoms with Crippen molar-refractivity contribution in [2.45, 2.75) is 59.3 Å². The molecule has 0 spiro atoms. The van der Waals surface area contributed by atoms with Gasteiger partial charge in [0, 0.05) is 12.2 Å². The van der Waals surface area contributed by atoms with Crippen molar-refractivity contribution in [2.75, 3.05) is 19.8 Å². The average molecular weight is 407 g/mol. The molecule has 0 atom stereocenters. The molecule has 0 saturated carbocycles. The van der Waals surface area contributed by atoms with Crippen LogP contribution in [0, 0.1) is 0 Å². The largest absolute Gasteiger partial charge is 0.463 e. The maximum atomic E-state index is 11.3. The van der Waals surface area contributed by atoms with E-state index < -0.39 is 11.9 Å². The van der Waals surface area contributed by atoms with Gasteiger partial charge >= 0.3 is 17.9 Å². The molecule has 162 valence electrons. The van der Waals surface area contributed by atoms with E-state index in [1.165, 1.54) is 0 Å². The number of hydrogen-bond acceptors (Lipinski definition) is 6. The van der Waals surface area contributed by atoms with Crippen molar-refractivity contribution < 1.29 is 28.6 Å². The molecule has 0 aromatic heterocycles. The van der Waals surface area contributed by atoms with Crippen molar-refractivity contribution in [3.63, 3.8) is 0 Å². The van der Waals surface area contributed by atoms with Crippen LogP contribution in [0.2, 0.25) is 0 Å². The predicted molar refractivity (Wildman–Crippen MR) is 113 cm³/mol. The summed E-state index contributed by atoms with van der Waals surface area (Å²) in [7, 11) is 0. The molecule has 6 heteroatoms. The Morgan fingerprint density at radius 1 is 0.690 bits per heavy atom. The maximum absolute atomic E-state index is 11.3. The first kappa shape index (κ1) is 26.4. The zero-order valence-electron chi connectivity index (χ0n) is 17.9. The van der Waals surface area contributed by atoms with Gasteiger partial charge in [0.25, 0.3) is 0 Å². The third-order valence-electron chi connectivity index (χ3n) is 3.58. The Bertz CT molecular complexity index is 571. The number of hydrogen-bond donors (Lipinski definition) is 0. The van der Waals surface area contributed by atoms with Gasteiger partial charge in [-0.2, -0.15) is 0 Å². The van der Waals surface area contributed by atoms with Gasteiger partial charge in [-0.05, 0) is 31.4 Å². The highest BCUT2D eigenvalue weighted by molar-refractivity contribution is 5.91. The molecule has 0 radical (unpaired) electrons. The van der Waals surface area contributed by atoms with Gasteiger partial charge in [-0.15, -0.1) is 0 Å². The fourth-order valence-corrected chi connectivity index (χ4v) is 1.83. The highest BCUT2D eigenvalue weighted by Gasteiger charge is 2.04. The lowest BCUT2D eigenvalue weighted by atomic mass is 10.2. The van der Waals surface area contributed by atoms with Crippen molar-refractivity contribution in [1.29, 1.82) is 0 Å². The van der Waals surface area contributed by atoms with E-state index in [2.05, 4.69) is 6.92 Å². The van der Waals surface area contributed by atoms with E-state index in [0.717, 1.165) is 50.7 Å². The molecule has 0 aliphatic heterocycles. The first-order valence-corrected chi connectivity index (χ1v) is 10.3. The van der Waals surface area contributed by atoms with Crippen molar-refractivity contribution in [3.8, 4) is 0 Å². The van der Waals surface area contributed by atoms with Crippen LogP contribution < -0.4 is 0 Å². The molecular weight excluding hydrogens is 372 g/mol. The zero-order chi connectivity index (χ0) is 21.7. The van der Waals surface area contributed by atoms with Crippen LogP contribution in [0.4, 0.5) is 0 Å². The van der Waals surface area contributed by atoms with Gasteiger partial charge in [-0.25, -0.2) is 14.4 Å². The standard InChI is InChI=1S/C12H20O4.C11H14O2/c1-3-5-9-15-11(13)7-8-12(14)16-10-6-4-2;1-2-3-9-13-11(12)10-7-5-4-6-8-10/h7-8H,3-6,9-10H2,1-2H3;4-8H,2-3,9H2,1H3. The molecule has 0 heterocycles. The summed E-state index contributed by atoms with van der Waals surface area (Å²) >= 11 is 0. The summed E-state index contributed by atoms with van der Waals surface area (Å²) in [4.78, 5) is 33.4. The van der Waals surface area contributed by atoms with Gasteiger partial charge in [0.15, 0.2) is 0 Å². The summed E-state index contributed by atoms with van der Waals surface area (Å²) in [5.74, 6) is -1.23. The molecule has 0 bridgehead atoms. The summed E-state index contributed by atoms with van der Waals surface area (Å²) in [5, 5.41) is 0. The number of benzene rings is 1. The van der Waals surface area contributed by atoms with Crippen LogP contribution in [0.3, 0.4) is 0 Å². The zero-order valence-corrected chi connectivity index (χ0v) is 17.9. The highest BCUT2D eigenvalue weighted by Crippen LogP contribution is 2.01. The fraction of sp³-hybridized carbons (Fsp3) is 0.522. The summed E-state index contributed by atoms with van der Waals surface area (Å²) in [5.41, 5.74) is 0.624. The Hall–Kier alpha value is -2.63. The summed E-state index contributed by atoms with van der Waals surface area (Å²) in [6, 6.07) is 9.05. The quantitative estimate of drug-likeness (QED) is 0.213. The number of carbonyl (C=O) groups is 3. The van der Waals surface area contributed by atoms with Crippen molar-refractivity contribution >= 4 is 17.9 Å². The topological polar surface area (TPSA) is 78.9 Å². The molecule has 0 N–H and O–H groups in total. The van der Waals surface area contributed by atoms with Crippen molar-refractivity contribution in [2.24, 2.45) is 0 Å². The summed E-state index contributed by atoms with van der Waals surface area (Å²) < 4.78 is 14.7. The summed E-state index contributed by atoms with van der Waals surface area (Å²) in [6.07, 6.45) is 7.78. The van der Waals surface area contributed by atoms with E-state index in [-0.39, 0.29) is 5.97 Å². The maximum Gasteiger partial charge on any atom is 0.338 e. The minimum absolute atomic E-state index is 0.228. The smallest absolute Gasteiger partial charge is 0.338 e. The van der Waals surface area contributed by atoms with E-state index in [9.17, 15) is 14.4 Å². The van der Waals surface area contributed by atoms with Gasteiger partial charge in [0.1, 0.15) is 0 Å². The number of ether oxygens (including phenoxy) is 3. The second kappa shape index (κ2) is 18.7. The first-order chi connectivity index (χ1) is 14.0. The fourth-order valence-electron chi connectivity index (χ4n) is 1.83. The van der Waals surface area contributed by atoms with E-state index in [4.69, 9.17) is 14.2 Å². The van der Waals surface area contributed by atoms with E-state index in [1.807, 2.05) is 32.0 Å². The molecule has 6 nitrogen and oxygen atoms in total. The van der Waals surface area contributed by atoms with Gasteiger partial charge in [-0.3, -0.25) is 0 Å². The van der Waals surface area contributed by atoms with Crippen molar-refractivity contribution in [1.82, 2.24) is 0 Å². The average Bonchev–Trinajstić information content (AvgIpc) is 2.74. The molecule has 1 aromatic carbocycles. The molecule has 1 rings (SSSR count). The molecule has 1 aromatic rings. The van der Waals surface area contributed by atoms with Crippen LogP contribution in [0.1, 0.15) is 69.7 Å². The predicted octanol–water partition coefficient (Wildman–Crippen LogP) is 4.87. The highest BCUT2D eigenvalue weighted by atomic mass is 16.5. The Labute approximate surface area is 174 Å². The van der Waals surface area contributed by atoms with Gasteiger partial charge < -0.3 is 14.2 Å². The van der Waals surface area contributed by atoms with E-state index in [0.29, 0.717) is 25.4 Å².